The minimum absolute atomic E-state index is 0.0845. The van der Waals surface area contributed by atoms with E-state index in [9.17, 15) is 14.4 Å². The van der Waals surface area contributed by atoms with Crippen LogP contribution in [0.1, 0.15) is 278 Å². The molecule has 1 atom stereocenters. The number of carbonyl (C=O) groups is 3. The summed E-state index contributed by atoms with van der Waals surface area (Å²) in [6.07, 6.45) is 66.3. The molecule has 0 amide bonds. The van der Waals surface area contributed by atoms with Gasteiger partial charge in [-0.05, 0) is 83.5 Å². The van der Waals surface area contributed by atoms with E-state index in [0.29, 0.717) is 19.3 Å². The first-order valence-corrected chi connectivity index (χ1v) is 27.8. The molecular weight excluding hydrogens is 805 g/mol. The Hall–Kier alpha value is -2.89. The monoisotopic (exact) mass is 909 g/mol. The molecule has 0 saturated carbocycles. The van der Waals surface area contributed by atoms with Crippen molar-refractivity contribution in [2.45, 2.75) is 284 Å². The molecule has 0 saturated heterocycles. The third-order valence-corrected chi connectivity index (χ3v) is 12.0. The minimum Gasteiger partial charge on any atom is -0.462 e. The average Bonchev–Trinajstić information content (AvgIpc) is 3.30. The van der Waals surface area contributed by atoms with E-state index in [1.165, 1.54) is 135 Å². The van der Waals surface area contributed by atoms with E-state index in [4.69, 9.17) is 14.2 Å². The number of hydrogen-bond donors (Lipinski definition) is 0. The van der Waals surface area contributed by atoms with Crippen molar-refractivity contribution in [1.82, 2.24) is 0 Å². The van der Waals surface area contributed by atoms with Crippen LogP contribution in [0.25, 0.3) is 0 Å². The molecule has 0 bridgehead atoms. The molecule has 0 rings (SSSR count). The Morgan fingerprint density at radius 3 is 0.954 bits per heavy atom. The van der Waals surface area contributed by atoms with Crippen molar-refractivity contribution in [1.29, 1.82) is 0 Å². The van der Waals surface area contributed by atoms with Gasteiger partial charge < -0.3 is 14.2 Å². The van der Waals surface area contributed by atoms with Gasteiger partial charge in [-0.3, -0.25) is 14.4 Å². The van der Waals surface area contributed by atoms with Gasteiger partial charge in [0.05, 0.1) is 0 Å². The van der Waals surface area contributed by atoms with Gasteiger partial charge in [-0.1, -0.05) is 236 Å². The number of unbranched alkanes of at least 4 members (excludes halogenated alkanes) is 29. The zero-order chi connectivity index (χ0) is 47.2. The fourth-order valence-corrected chi connectivity index (χ4v) is 7.84. The second-order valence-corrected chi connectivity index (χ2v) is 18.5. The molecule has 0 aromatic rings. The largest absolute Gasteiger partial charge is 0.462 e. The van der Waals surface area contributed by atoms with Gasteiger partial charge in [0.1, 0.15) is 13.2 Å². The number of carbonyl (C=O) groups excluding carboxylic acids is 3. The maximum atomic E-state index is 12.8. The lowest BCUT2D eigenvalue weighted by Gasteiger charge is -2.18. The van der Waals surface area contributed by atoms with Crippen molar-refractivity contribution < 1.29 is 28.6 Å². The smallest absolute Gasteiger partial charge is 0.306 e. The summed E-state index contributed by atoms with van der Waals surface area (Å²) in [7, 11) is 0. The summed E-state index contributed by atoms with van der Waals surface area (Å²) in [6, 6.07) is 0. The van der Waals surface area contributed by atoms with Crippen molar-refractivity contribution in [3.05, 3.63) is 60.8 Å². The molecule has 0 aromatic heterocycles. The van der Waals surface area contributed by atoms with E-state index in [1.54, 1.807) is 0 Å². The highest BCUT2D eigenvalue weighted by molar-refractivity contribution is 5.71. The molecule has 0 aromatic carbocycles. The number of ether oxygens (including phenoxy) is 3. The molecule has 0 radical (unpaired) electrons. The lowest BCUT2D eigenvalue weighted by atomic mass is 10.0. The van der Waals surface area contributed by atoms with Gasteiger partial charge in [-0.15, -0.1) is 0 Å². The van der Waals surface area contributed by atoms with E-state index in [1.807, 2.05) is 0 Å². The minimum atomic E-state index is -0.788. The summed E-state index contributed by atoms with van der Waals surface area (Å²) in [5.74, 6) is -0.907. The van der Waals surface area contributed by atoms with Crippen molar-refractivity contribution in [2.24, 2.45) is 0 Å². The predicted octanol–water partition coefficient (Wildman–Crippen LogP) is 18.4. The van der Waals surface area contributed by atoms with Crippen LogP contribution in [0.5, 0.6) is 0 Å². The first-order valence-electron chi connectivity index (χ1n) is 27.8. The van der Waals surface area contributed by atoms with Crippen LogP contribution in [-0.2, 0) is 28.6 Å². The Labute approximate surface area is 402 Å². The Morgan fingerprint density at radius 2 is 0.600 bits per heavy atom. The van der Waals surface area contributed by atoms with Crippen LogP contribution < -0.4 is 0 Å². The van der Waals surface area contributed by atoms with Gasteiger partial charge in [-0.2, -0.15) is 0 Å². The maximum absolute atomic E-state index is 12.8. The molecule has 376 valence electrons. The van der Waals surface area contributed by atoms with Gasteiger partial charge >= 0.3 is 17.9 Å². The molecule has 0 fully saturated rings. The first kappa shape index (κ1) is 62.1. The average molecular weight is 909 g/mol. The Balaban J connectivity index is 4.42. The summed E-state index contributed by atoms with van der Waals surface area (Å²) >= 11 is 0. The molecular formula is C59H104O6. The molecule has 0 N–H and O–H groups in total. The van der Waals surface area contributed by atoms with Gasteiger partial charge in [0.25, 0.3) is 0 Å². The molecule has 0 aliphatic carbocycles. The SMILES string of the molecule is CC/C=C\C/C=C\C/C=C\C/C=C\CCCCCCC(=O)O[C@H](COC(=O)CCCCCCC/C=C\CCCCCCCC)COC(=O)CCCCCCCCCCCCCCCCC. The van der Waals surface area contributed by atoms with E-state index in [0.717, 1.165) is 103 Å². The Morgan fingerprint density at radius 1 is 0.323 bits per heavy atom. The van der Waals surface area contributed by atoms with Crippen molar-refractivity contribution in [3.8, 4) is 0 Å². The third kappa shape index (κ3) is 51.9. The van der Waals surface area contributed by atoms with E-state index >= 15 is 0 Å². The normalized spacial score (nSPS) is 12.5. The van der Waals surface area contributed by atoms with Crippen LogP contribution in [0.2, 0.25) is 0 Å². The van der Waals surface area contributed by atoms with Crippen LogP contribution >= 0.6 is 0 Å². The number of rotatable bonds is 50. The zero-order valence-corrected chi connectivity index (χ0v) is 43.0. The van der Waals surface area contributed by atoms with Crippen LogP contribution in [0.3, 0.4) is 0 Å². The second kappa shape index (κ2) is 53.7. The van der Waals surface area contributed by atoms with Gasteiger partial charge in [-0.25, -0.2) is 0 Å². The molecule has 6 nitrogen and oxygen atoms in total. The molecule has 0 spiro atoms. The fourth-order valence-electron chi connectivity index (χ4n) is 7.84. The molecule has 0 aliphatic rings. The topological polar surface area (TPSA) is 78.9 Å². The summed E-state index contributed by atoms with van der Waals surface area (Å²) in [5.41, 5.74) is 0. The molecule has 65 heavy (non-hydrogen) atoms. The number of hydrogen-bond acceptors (Lipinski definition) is 6. The molecule has 0 unspecified atom stereocenters. The number of esters is 3. The maximum Gasteiger partial charge on any atom is 0.306 e. The Kier molecular flexibility index (Phi) is 51.3. The Bertz CT molecular complexity index is 1180. The van der Waals surface area contributed by atoms with Crippen LogP contribution in [0.4, 0.5) is 0 Å². The van der Waals surface area contributed by atoms with Crippen LogP contribution in [0, 0.1) is 0 Å². The highest BCUT2D eigenvalue weighted by Crippen LogP contribution is 2.15. The molecule has 0 heterocycles. The van der Waals surface area contributed by atoms with Crippen LogP contribution in [0.15, 0.2) is 60.8 Å². The quantitative estimate of drug-likeness (QED) is 0.0262. The second-order valence-electron chi connectivity index (χ2n) is 18.5. The predicted molar refractivity (Wildman–Crippen MR) is 279 cm³/mol. The van der Waals surface area contributed by atoms with Crippen LogP contribution in [-0.4, -0.2) is 37.2 Å². The highest BCUT2D eigenvalue weighted by Gasteiger charge is 2.19. The standard InChI is InChI=1S/C59H104O6/c1-4-7-10-13-16-19-22-25-28-29-32-35-38-41-44-47-50-53-59(62)65-56(54-63-57(60)51-48-45-42-39-36-33-30-26-23-20-17-14-11-8-5-2)55-64-58(61)52-49-46-43-40-37-34-31-27-24-21-18-15-12-9-6-3/h7,10,16,19,25-26,28,30,32,35,56H,4-6,8-9,11-15,17-18,20-24,27,29,31,33-34,36-55H2,1-3H3/b10-7-,19-16-,28-25-,30-26-,35-32-/t56-/m1/s1. The first-order chi connectivity index (χ1) is 32.0. The van der Waals surface area contributed by atoms with E-state index in [2.05, 4.69) is 81.5 Å². The summed E-state index contributed by atoms with van der Waals surface area (Å²) < 4.78 is 16.8. The molecule has 0 aliphatic heterocycles. The lowest BCUT2D eigenvalue weighted by molar-refractivity contribution is -0.167. The summed E-state index contributed by atoms with van der Waals surface area (Å²) in [5, 5.41) is 0. The van der Waals surface area contributed by atoms with Gasteiger partial charge in [0.15, 0.2) is 6.10 Å². The summed E-state index contributed by atoms with van der Waals surface area (Å²) in [4.78, 5) is 38.1. The highest BCUT2D eigenvalue weighted by atomic mass is 16.6. The van der Waals surface area contributed by atoms with E-state index < -0.39 is 6.10 Å². The lowest BCUT2D eigenvalue weighted by Crippen LogP contribution is -2.30. The van der Waals surface area contributed by atoms with Gasteiger partial charge in [0.2, 0.25) is 0 Å². The zero-order valence-electron chi connectivity index (χ0n) is 43.0. The van der Waals surface area contributed by atoms with E-state index in [-0.39, 0.29) is 31.1 Å². The third-order valence-electron chi connectivity index (χ3n) is 12.0. The fraction of sp³-hybridized carbons (Fsp3) is 0.780. The molecule has 6 heteroatoms. The van der Waals surface area contributed by atoms with Crippen molar-refractivity contribution in [2.75, 3.05) is 13.2 Å². The summed E-state index contributed by atoms with van der Waals surface area (Å²) in [6.45, 7) is 6.52. The van der Waals surface area contributed by atoms with Gasteiger partial charge in [0, 0.05) is 19.3 Å². The van der Waals surface area contributed by atoms with Crippen molar-refractivity contribution in [3.63, 3.8) is 0 Å². The van der Waals surface area contributed by atoms with Crippen molar-refractivity contribution >= 4 is 17.9 Å². The number of allylic oxidation sites excluding steroid dienone is 10.